The molecule has 8 heteroatoms. The second-order valence-corrected chi connectivity index (χ2v) is 8.89. The zero-order chi connectivity index (χ0) is 16.9. The van der Waals surface area contributed by atoms with Gasteiger partial charge in [-0.15, -0.1) is 0 Å². The molecule has 0 bridgehead atoms. The van der Waals surface area contributed by atoms with Gasteiger partial charge in [-0.05, 0) is 20.8 Å². The lowest BCUT2D eigenvalue weighted by Gasteiger charge is -2.26. The first kappa shape index (κ1) is 20.5. The third-order valence-electron chi connectivity index (χ3n) is 2.34. The van der Waals surface area contributed by atoms with E-state index < -0.39 is 37.5 Å². The first-order chi connectivity index (χ1) is 9.26. The first-order valence-corrected chi connectivity index (χ1v) is 8.58. The molecule has 0 rings (SSSR count). The molecule has 126 valence electrons. The highest BCUT2D eigenvalue weighted by Gasteiger charge is 2.26. The van der Waals surface area contributed by atoms with Gasteiger partial charge < -0.3 is 14.6 Å². The van der Waals surface area contributed by atoms with Crippen molar-refractivity contribution < 1.29 is 33.0 Å². The van der Waals surface area contributed by atoms with Gasteiger partial charge in [-0.2, -0.15) is 0 Å². The van der Waals surface area contributed by atoms with Crippen LogP contribution in [0.1, 0.15) is 41.5 Å². The molecule has 0 aliphatic heterocycles. The third-order valence-corrected chi connectivity index (χ3v) is 3.49. The van der Waals surface area contributed by atoms with E-state index in [1.54, 1.807) is 41.5 Å². The molecule has 2 unspecified atom stereocenters. The molecule has 0 aromatic carbocycles. The standard InChI is InChI=1S/C13H27O7P/c1-12(2,3)10(14)17-8-19-21(7,16)20-9-18-11(15)13(4,5)6/h10,14H,8-9H2,1-7H3. The van der Waals surface area contributed by atoms with Crippen LogP contribution in [0.25, 0.3) is 0 Å². The molecule has 0 spiro atoms. The summed E-state index contributed by atoms with van der Waals surface area (Å²) in [6, 6.07) is 0. The maximum absolute atomic E-state index is 11.9. The van der Waals surface area contributed by atoms with Crippen molar-refractivity contribution >= 4 is 13.6 Å². The van der Waals surface area contributed by atoms with Gasteiger partial charge >= 0.3 is 13.6 Å². The molecule has 7 nitrogen and oxygen atoms in total. The van der Waals surface area contributed by atoms with Crippen LogP contribution in [0.3, 0.4) is 0 Å². The monoisotopic (exact) mass is 326 g/mol. The first-order valence-electron chi connectivity index (χ1n) is 6.59. The van der Waals surface area contributed by atoms with E-state index in [2.05, 4.69) is 0 Å². The summed E-state index contributed by atoms with van der Waals surface area (Å²) in [5, 5.41) is 9.62. The average molecular weight is 326 g/mol. The third kappa shape index (κ3) is 9.22. The second-order valence-electron chi connectivity index (χ2n) is 6.83. The van der Waals surface area contributed by atoms with Crippen molar-refractivity contribution in [2.45, 2.75) is 47.8 Å². The second kappa shape index (κ2) is 7.70. The van der Waals surface area contributed by atoms with E-state index in [1.165, 1.54) is 6.66 Å². The number of carbonyl (C=O) groups is 1. The minimum atomic E-state index is -3.42. The van der Waals surface area contributed by atoms with E-state index in [9.17, 15) is 14.5 Å². The molecule has 0 aliphatic carbocycles. The molecule has 0 saturated carbocycles. The van der Waals surface area contributed by atoms with Crippen molar-refractivity contribution in [3.05, 3.63) is 0 Å². The summed E-state index contributed by atoms with van der Waals surface area (Å²) >= 11 is 0. The molecule has 0 saturated heterocycles. The molecule has 0 heterocycles. The van der Waals surface area contributed by atoms with E-state index in [0.29, 0.717) is 0 Å². The van der Waals surface area contributed by atoms with Gasteiger partial charge in [0, 0.05) is 12.1 Å². The Bertz CT molecular complexity index is 381. The molecule has 21 heavy (non-hydrogen) atoms. The van der Waals surface area contributed by atoms with Crippen LogP contribution < -0.4 is 0 Å². The predicted molar refractivity (Wildman–Crippen MR) is 77.5 cm³/mol. The quantitative estimate of drug-likeness (QED) is 0.437. The Kier molecular flexibility index (Phi) is 7.53. The van der Waals surface area contributed by atoms with Crippen molar-refractivity contribution in [2.75, 3.05) is 20.3 Å². The maximum Gasteiger partial charge on any atom is 0.332 e. The Morgan fingerprint density at radius 3 is 2.00 bits per heavy atom. The summed E-state index contributed by atoms with van der Waals surface area (Å²) in [5.41, 5.74) is -1.15. The summed E-state index contributed by atoms with van der Waals surface area (Å²) in [5.74, 6) is -0.470. The van der Waals surface area contributed by atoms with Crippen molar-refractivity contribution in [1.82, 2.24) is 0 Å². The van der Waals surface area contributed by atoms with Crippen LogP contribution in [0, 0.1) is 10.8 Å². The van der Waals surface area contributed by atoms with Gasteiger partial charge in [-0.3, -0.25) is 18.4 Å². The lowest BCUT2D eigenvalue weighted by atomic mass is 9.96. The molecule has 0 aromatic heterocycles. The van der Waals surface area contributed by atoms with Crippen molar-refractivity contribution in [3.63, 3.8) is 0 Å². The number of aliphatic hydroxyl groups is 1. The smallest absolute Gasteiger partial charge is 0.332 e. The van der Waals surface area contributed by atoms with Crippen LogP contribution >= 0.6 is 7.60 Å². The van der Waals surface area contributed by atoms with Gasteiger partial charge in [0.2, 0.25) is 6.79 Å². The van der Waals surface area contributed by atoms with Crippen LogP contribution in [0.4, 0.5) is 0 Å². The molecule has 0 aliphatic rings. The molecule has 0 fully saturated rings. The van der Waals surface area contributed by atoms with Crippen LogP contribution in [-0.2, 0) is 27.9 Å². The maximum atomic E-state index is 11.9. The number of hydrogen-bond acceptors (Lipinski definition) is 7. The SMILES string of the molecule is CC(C)(C)C(=O)OCOP(C)(=O)OCOC(O)C(C)(C)C. The Labute approximate surface area is 126 Å². The minimum Gasteiger partial charge on any atom is -0.438 e. The fraction of sp³-hybridized carbons (Fsp3) is 0.923. The van der Waals surface area contributed by atoms with Crippen LogP contribution in [0.15, 0.2) is 0 Å². The van der Waals surface area contributed by atoms with E-state index in [-0.39, 0.29) is 6.79 Å². The molecule has 0 aromatic rings. The Balaban J connectivity index is 4.06. The van der Waals surface area contributed by atoms with Gasteiger partial charge in [0.05, 0.1) is 5.41 Å². The zero-order valence-electron chi connectivity index (χ0n) is 13.8. The van der Waals surface area contributed by atoms with Gasteiger partial charge in [-0.25, -0.2) is 0 Å². The summed E-state index contributed by atoms with van der Waals surface area (Å²) in [7, 11) is -3.42. The van der Waals surface area contributed by atoms with Gasteiger partial charge in [0.25, 0.3) is 0 Å². The Morgan fingerprint density at radius 2 is 1.57 bits per heavy atom. The summed E-state index contributed by atoms with van der Waals surface area (Å²) in [6.07, 6.45) is -1.06. The Morgan fingerprint density at radius 1 is 1.10 bits per heavy atom. The zero-order valence-corrected chi connectivity index (χ0v) is 14.7. The lowest BCUT2D eigenvalue weighted by molar-refractivity contribution is -0.192. The van der Waals surface area contributed by atoms with Crippen molar-refractivity contribution in [2.24, 2.45) is 10.8 Å². The van der Waals surface area contributed by atoms with E-state index in [1.807, 2.05) is 0 Å². The lowest BCUT2D eigenvalue weighted by Crippen LogP contribution is -2.29. The van der Waals surface area contributed by atoms with E-state index in [4.69, 9.17) is 18.5 Å². The summed E-state index contributed by atoms with van der Waals surface area (Å²) in [4.78, 5) is 11.5. The highest BCUT2D eigenvalue weighted by Crippen LogP contribution is 2.43. The molecule has 1 N–H and O–H groups in total. The predicted octanol–water partition coefficient (Wildman–Crippen LogP) is 2.73. The van der Waals surface area contributed by atoms with Gasteiger partial charge in [0.1, 0.15) is 0 Å². The van der Waals surface area contributed by atoms with E-state index in [0.717, 1.165) is 0 Å². The molecule has 0 amide bonds. The van der Waals surface area contributed by atoms with Crippen LogP contribution in [0.2, 0.25) is 0 Å². The normalized spacial score (nSPS) is 17.1. The Hall–Kier alpha value is -0.460. The van der Waals surface area contributed by atoms with E-state index >= 15 is 0 Å². The number of esters is 1. The molecule has 2 atom stereocenters. The summed E-state index contributed by atoms with van der Waals surface area (Å²) in [6.45, 7) is 10.8. The molecular weight excluding hydrogens is 299 g/mol. The van der Waals surface area contributed by atoms with Crippen LogP contribution in [-0.4, -0.2) is 37.6 Å². The number of hydrogen-bond donors (Lipinski definition) is 1. The molecular formula is C13H27O7P. The molecule has 0 radical (unpaired) electrons. The van der Waals surface area contributed by atoms with Gasteiger partial charge in [0.15, 0.2) is 13.1 Å². The largest absolute Gasteiger partial charge is 0.438 e. The van der Waals surface area contributed by atoms with Crippen LogP contribution in [0.5, 0.6) is 0 Å². The minimum absolute atomic E-state index is 0.389. The number of ether oxygens (including phenoxy) is 2. The van der Waals surface area contributed by atoms with Crippen molar-refractivity contribution in [1.29, 1.82) is 0 Å². The highest BCUT2D eigenvalue weighted by molar-refractivity contribution is 7.52. The number of carbonyl (C=O) groups excluding carboxylic acids is 1. The fourth-order valence-electron chi connectivity index (χ4n) is 0.870. The van der Waals surface area contributed by atoms with Gasteiger partial charge in [-0.1, -0.05) is 20.8 Å². The average Bonchev–Trinajstić information content (AvgIpc) is 2.25. The number of rotatable bonds is 7. The number of aliphatic hydroxyl groups excluding tert-OH is 1. The fourth-order valence-corrected chi connectivity index (χ4v) is 1.44. The topological polar surface area (TPSA) is 91.3 Å². The highest BCUT2D eigenvalue weighted by atomic mass is 31.2. The van der Waals surface area contributed by atoms with Crippen molar-refractivity contribution in [3.8, 4) is 0 Å². The summed E-state index contributed by atoms with van der Waals surface area (Å²) < 4.78 is 31.5.